The Balaban J connectivity index is 2.46. The summed E-state index contributed by atoms with van der Waals surface area (Å²) in [4.78, 5) is 10.2. The monoisotopic (exact) mass is 229 g/mol. The van der Waals surface area contributed by atoms with Gasteiger partial charge in [0.1, 0.15) is 0 Å². The maximum absolute atomic E-state index is 10.2. The van der Waals surface area contributed by atoms with Crippen molar-refractivity contribution in [2.45, 2.75) is 12.5 Å². The molecule has 1 amide bonds. The molecule has 5 heteroatoms. The standard InChI is InChI=1S/C10H12ClNO3/c11-8-3-1-2-7(6-8)9(13)4-5-12-10(14)15/h1-3,6,9,12-13H,4-5H2,(H,14,15). The summed E-state index contributed by atoms with van der Waals surface area (Å²) >= 11 is 5.75. The van der Waals surface area contributed by atoms with Gasteiger partial charge in [0.05, 0.1) is 6.10 Å². The molecule has 0 aliphatic heterocycles. The van der Waals surface area contributed by atoms with E-state index in [1.165, 1.54) is 0 Å². The van der Waals surface area contributed by atoms with E-state index >= 15 is 0 Å². The zero-order chi connectivity index (χ0) is 11.3. The number of benzene rings is 1. The van der Waals surface area contributed by atoms with Crippen molar-refractivity contribution in [1.29, 1.82) is 0 Å². The molecule has 1 unspecified atom stereocenters. The topological polar surface area (TPSA) is 69.6 Å². The SMILES string of the molecule is O=C(O)NCCC(O)c1cccc(Cl)c1. The van der Waals surface area contributed by atoms with Gasteiger partial charge in [0.2, 0.25) is 0 Å². The van der Waals surface area contributed by atoms with Gasteiger partial charge >= 0.3 is 6.09 Å². The van der Waals surface area contributed by atoms with Crippen LogP contribution in [0.2, 0.25) is 5.02 Å². The third-order valence-electron chi connectivity index (χ3n) is 1.93. The van der Waals surface area contributed by atoms with Gasteiger partial charge in [0.15, 0.2) is 0 Å². The molecular formula is C10H12ClNO3. The van der Waals surface area contributed by atoms with Crippen LogP contribution in [0.4, 0.5) is 4.79 Å². The molecule has 1 rings (SSSR count). The van der Waals surface area contributed by atoms with Crippen LogP contribution in [0.25, 0.3) is 0 Å². The first-order valence-corrected chi connectivity index (χ1v) is 4.87. The molecule has 0 radical (unpaired) electrons. The van der Waals surface area contributed by atoms with Gasteiger partial charge in [-0.05, 0) is 24.1 Å². The van der Waals surface area contributed by atoms with E-state index in [9.17, 15) is 9.90 Å². The lowest BCUT2D eigenvalue weighted by atomic mass is 10.1. The van der Waals surface area contributed by atoms with Gasteiger partial charge in [0, 0.05) is 11.6 Å². The van der Waals surface area contributed by atoms with Gasteiger partial charge in [-0.1, -0.05) is 23.7 Å². The number of hydrogen-bond acceptors (Lipinski definition) is 2. The van der Waals surface area contributed by atoms with Gasteiger partial charge in [-0.15, -0.1) is 0 Å². The number of carbonyl (C=O) groups is 1. The summed E-state index contributed by atoms with van der Waals surface area (Å²) in [5.74, 6) is 0. The molecule has 1 aromatic carbocycles. The second kappa shape index (κ2) is 5.58. The zero-order valence-electron chi connectivity index (χ0n) is 7.98. The largest absolute Gasteiger partial charge is 0.465 e. The highest BCUT2D eigenvalue weighted by Gasteiger charge is 2.07. The molecule has 3 N–H and O–H groups in total. The van der Waals surface area contributed by atoms with Gasteiger partial charge in [-0.25, -0.2) is 4.79 Å². The Morgan fingerprint density at radius 2 is 2.27 bits per heavy atom. The lowest BCUT2D eigenvalue weighted by Gasteiger charge is -2.10. The van der Waals surface area contributed by atoms with E-state index in [4.69, 9.17) is 16.7 Å². The van der Waals surface area contributed by atoms with Crippen molar-refractivity contribution in [1.82, 2.24) is 5.32 Å². The molecule has 0 spiro atoms. The molecular weight excluding hydrogens is 218 g/mol. The van der Waals surface area contributed by atoms with Crippen molar-refractivity contribution in [3.63, 3.8) is 0 Å². The predicted octanol–water partition coefficient (Wildman–Crippen LogP) is 2.03. The second-order valence-electron chi connectivity index (χ2n) is 3.09. The van der Waals surface area contributed by atoms with Crippen LogP contribution in [-0.4, -0.2) is 22.9 Å². The number of rotatable bonds is 4. The Morgan fingerprint density at radius 3 is 2.87 bits per heavy atom. The number of aliphatic hydroxyl groups is 1. The van der Waals surface area contributed by atoms with Crippen LogP contribution in [0.1, 0.15) is 18.1 Å². The fourth-order valence-electron chi connectivity index (χ4n) is 1.20. The van der Waals surface area contributed by atoms with Crippen LogP contribution in [0, 0.1) is 0 Å². The minimum atomic E-state index is -1.09. The fourth-order valence-corrected chi connectivity index (χ4v) is 1.40. The van der Waals surface area contributed by atoms with Gasteiger partial charge in [-0.2, -0.15) is 0 Å². The number of halogens is 1. The molecule has 0 saturated heterocycles. The third-order valence-corrected chi connectivity index (χ3v) is 2.16. The molecule has 1 aromatic rings. The highest BCUT2D eigenvalue weighted by atomic mass is 35.5. The summed E-state index contributed by atoms with van der Waals surface area (Å²) in [6, 6.07) is 6.86. The highest BCUT2D eigenvalue weighted by molar-refractivity contribution is 6.30. The predicted molar refractivity (Wildman–Crippen MR) is 57.1 cm³/mol. The molecule has 0 fully saturated rings. The minimum Gasteiger partial charge on any atom is -0.465 e. The number of nitrogens with one attached hydrogen (secondary N) is 1. The van der Waals surface area contributed by atoms with E-state index in [1.807, 2.05) is 0 Å². The van der Waals surface area contributed by atoms with E-state index in [-0.39, 0.29) is 6.54 Å². The van der Waals surface area contributed by atoms with Crippen LogP contribution < -0.4 is 5.32 Å². The Labute approximate surface area is 92.5 Å². The van der Waals surface area contributed by atoms with Crippen molar-refractivity contribution in [3.8, 4) is 0 Å². The smallest absolute Gasteiger partial charge is 0.404 e. The second-order valence-corrected chi connectivity index (χ2v) is 3.53. The van der Waals surface area contributed by atoms with E-state index in [0.29, 0.717) is 17.0 Å². The van der Waals surface area contributed by atoms with E-state index in [1.54, 1.807) is 24.3 Å². The van der Waals surface area contributed by atoms with Gasteiger partial charge in [-0.3, -0.25) is 0 Å². The van der Waals surface area contributed by atoms with Crippen molar-refractivity contribution >= 4 is 17.7 Å². The molecule has 4 nitrogen and oxygen atoms in total. The van der Waals surface area contributed by atoms with E-state index in [0.717, 1.165) is 0 Å². The lowest BCUT2D eigenvalue weighted by Crippen LogP contribution is -2.23. The average molecular weight is 230 g/mol. The summed E-state index contributed by atoms with van der Waals surface area (Å²) in [5.41, 5.74) is 0.690. The molecule has 0 aromatic heterocycles. The summed E-state index contributed by atoms with van der Waals surface area (Å²) < 4.78 is 0. The molecule has 0 aliphatic rings. The maximum Gasteiger partial charge on any atom is 0.404 e. The minimum absolute atomic E-state index is 0.211. The molecule has 0 aliphatic carbocycles. The summed E-state index contributed by atoms with van der Waals surface area (Å²) in [6.45, 7) is 0.211. The summed E-state index contributed by atoms with van der Waals surface area (Å²) in [5, 5.41) is 20.7. The van der Waals surface area contributed by atoms with Gasteiger partial charge < -0.3 is 15.5 Å². The molecule has 0 heterocycles. The molecule has 1 atom stereocenters. The fraction of sp³-hybridized carbons (Fsp3) is 0.300. The number of amides is 1. The van der Waals surface area contributed by atoms with Crippen LogP contribution in [0.15, 0.2) is 24.3 Å². The normalized spacial score (nSPS) is 12.1. The Kier molecular flexibility index (Phi) is 4.39. The molecule has 15 heavy (non-hydrogen) atoms. The number of aliphatic hydroxyl groups excluding tert-OH is 1. The van der Waals surface area contributed by atoms with Crippen LogP contribution >= 0.6 is 11.6 Å². The summed E-state index contributed by atoms with van der Waals surface area (Å²) in [7, 11) is 0. The van der Waals surface area contributed by atoms with Crippen molar-refractivity contribution in [3.05, 3.63) is 34.9 Å². The maximum atomic E-state index is 10.2. The lowest BCUT2D eigenvalue weighted by molar-refractivity contribution is 0.162. The van der Waals surface area contributed by atoms with Crippen LogP contribution in [-0.2, 0) is 0 Å². The Morgan fingerprint density at radius 1 is 1.53 bits per heavy atom. The van der Waals surface area contributed by atoms with E-state index in [2.05, 4.69) is 5.32 Å². The Bertz CT molecular complexity index is 343. The quantitative estimate of drug-likeness (QED) is 0.740. The van der Waals surface area contributed by atoms with Crippen molar-refractivity contribution < 1.29 is 15.0 Å². The average Bonchev–Trinajstić information content (AvgIpc) is 2.17. The first-order chi connectivity index (χ1) is 7.09. The zero-order valence-corrected chi connectivity index (χ0v) is 8.74. The van der Waals surface area contributed by atoms with Crippen molar-refractivity contribution in [2.75, 3.05) is 6.54 Å². The van der Waals surface area contributed by atoms with Crippen LogP contribution in [0.3, 0.4) is 0 Å². The third kappa shape index (κ3) is 4.18. The van der Waals surface area contributed by atoms with E-state index < -0.39 is 12.2 Å². The first-order valence-electron chi connectivity index (χ1n) is 4.50. The summed E-state index contributed by atoms with van der Waals surface area (Å²) in [6.07, 6.45) is -1.46. The number of carboxylic acid groups (broad SMARTS) is 1. The first kappa shape index (κ1) is 11.8. The van der Waals surface area contributed by atoms with Gasteiger partial charge in [0.25, 0.3) is 0 Å². The number of hydrogen-bond donors (Lipinski definition) is 3. The van der Waals surface area contributed by atoms with Crippen LogP contribution in [0.5, 0.6) is 0 Å². The highest BCUT2D eigenvalue weighted by Crippen LogP contribution is 2.19. The molecule has 82 valence electrons. The molecule has 0 saturated carbocycles. The Hall–Kier alpha value is -1.26. The molecule has 0 bridgehead atoms. The van der Waals surface area contributed by atoms with Crippen molar-refractivity contribution in [2.24, 2.45) is 0 Å².